The minimum atomic E-state index is -3.49. The Bertz CT molecular complexity index is 773. The van der Waals surface area contributed by atoms with E-state index in [2.05, 4.69) is 13.8 Å². The summed E-state index contributed by atoms with van der Waals surface area (Å²) in [4.78, 5) is 12.5. The first kappa shape index (κ1) is 17.4. The maximum atomic E-state index is 12.4. The molecule has 4 nitrogen and oxygen atoms in total. The predicted octanol–water partition coefficient (Wildman–Crippen LogP) is 2.81. The van der Waals surface area contributed by atoms with Gasteiger partial charge in [-0.2, -0.15) is 0 Å². The molecule has 2 rings (SSSR count). The average Bonchev–Trinajstić information content (AvgIpc) is 2.54. The van der Waals surface area contributed by atoms with Crippen molar-refractivity contribution in [2.75, 3.05) is 12.4 Å². The van der Waals surface area contributed by atoms with Crippen molar-refractivity contribution in [3.63, 3.8) is 0 Å². The van der Waals surface area contributed by atoms with Gasteiger partial charge in [-0.1, -0.05) is 38.1 Å². The molecule has 0 aliphatic rings. The Morgan fingerprint density at radius 2 is 1.43 bits per heavy atom. The van der Waals surface area contributed by atoms with Crippen LogP contribution in [-0.2, 0) is 9.84 Å². The Labute approximate surface area is 136 Å². The van der Waals surface area contributed by atoms with Gasteiger partial charge >= 0.3 is 0 Å². The van der Waals surface area contributed by atoms with Crippen LogP contribution in [0.5, 0.6) is 0 Å². The summed E-state index contributed by atoms with van der Waals surface area (Å²) in [7, 11) is -3.49. The second-order valence-electron chi connectivity index (χ2n) is 5.67. The molecule has 0 unspecified atom stereocenters. The molecule has 23 heavy (non-hydrogen) atoms. The average molecular weight is 332 g/mol. The first-order valence-electron chi connectivity index (χ1n) is 7.43. The van der Waals surface area contributed by atoms with E-state index >= 15 is 0 Å². The van der Waals surface area contributed by atoms with Crippen LogP contribution in [-0.4, -0.2) is 31.7 Å². The van der Waals surface area contributed by atoms with Gasteiger partial charge < -0.3 is 5.11 Å². The molecule has 122 valence electrons. The largest absolute Gasteiger partial charge is 0.395 e. The first-order valence-corrected chi connectivity index (χ1v) is 9.08. The Kier molecular flexibility index (Phi) is 5.34. The number of aliphatic hydroxyl groups is 1. The highest BCUT2D eigenvalue weighted by Gasteiger charge is 2.15. The van der Waals surface area contributed by atoms with Crippen LogP contribution in [0, 0.1) is 0 Å². The number of hydrogen-bond acceptors (Lipinski definition) is 4. The third-order valence-electron chi connectivity index (χ3n) is 3.68. The third-order valence-corrected chi connectivity index (χ3v) is 5.39. The maximum Gasteiger partial charge on any atom is 0.193 e. The molecule has 0 aliphatic carbocycles. The molecule has 2 aromatic carbocycles. The van der Waals surface area contributed by atoms with Crippen molar-refractivity contribution in [2.24, 2.45) is 0 Å². The molecule has 0 bridgehead atoms. The van der Waals surface area contributed by atoms with Crippen molar-refractivity contribution >= 4 is 15.6 Å². The highest BCUT2D eigenvalue weighted by atomic mass is 32.2. The zero-order chi connectivity index (χ0) is 17.0. The first-order chi connectivity index (χ1) is 10.8. The van der Waals surface area contributed by atoms with E-state index in [-0.39, 0.29) is 16.4 Å². The number of carbonyl (C=O) groups is 1. The summed E-state index contributed by atoms with van der Waals surface area (Å²) < 4.78 is 23.7. The van der Waals surface area contributed by atoms with Gasteiger partial charge in [-0.25, -0.2) is 8.42 Å². The van der Waals surface area contributed by atoms with Crippen LogP contribution in [0.2, 0.25) is 0 Å². The molecule has 0 heterocycles. The van der Waals surface area contributed by atoms with Crippen LogP contribution in [0.3, 0.4) is 0 Å². The van der Waals surface area contributed by atoms with Gasteiger partial charge in [0.1, 0.15) is 0 Å². The summed E-state index contributed by atoms with van der Waals surface area (Å²) in [6.07, 6.45) is 0. The van der Waals surface area contributed by atoms with Gasteiger partial charge in [0.2, 0.25) is 0 Å². The zero-order valence-corrected chi connectivity index (χ0v) is 14.0. The van der Waals surface area contributed by atoms with E-state index in [4.69, 9.17) is 5.11 Å². The second-order valence-corrected chi connectivity index (χ2v) is 7.78. The van der Waals surface area contributed by atoms with Gasteiger partial charge in [0, 0.05) is 11.1 Å². The molecule has 0 fully saturated rings. The minimum absolute atomic E-state index is 0.109. The Hall–Kier alpha value is -1.98. The van der Waals surface area contributed by atoms with Crippen molar-refractivity contribution < 1.29 is 18.3 Å². The lowest BCUT2D eigenvalue weighted by Gasteiger charge is -2.07. The molecule has 0 atom stereocenters. The highest BCUT2D eigenvalue weighted by molar-refractivity contribution is 7.91. The quantitative estimate of drug-likeness (QED) is 0.826. The van der Waals surface area contributed by atoms with E-state index in [0.717, 1.165) is 5.56 Å². The molecule has 0 saturated heterocycles. The molecule has 0 spiro atoms. The summed E-state index contributed by atoms with van der Waals surface area (Å²) in [6.45, 7) is 3.75. The molecular weight excluding hydrogens is 312 g/mol. The van der Waals surface area contributed by atoms with E-state index in [1.54, 1.807) is 12.1 Å². The number of ketones is 1. The second kappa shape index (κ2) is 7.06. The predicted molar refractivity (Wildman–Crippen MR) is 89.5 cm³/mol. The molecule has 2 aromatic rings. The van der Waals surface area contributed by atoms with Crippen LogP contribution in [0.4, 0.5) is 0 Å². The smallest absolute Gasteiger partial charge is 0.193 e. The SMILES string of the molecule is CC(C)c1ccc(C(=O)c2ccc(S(=O)(=O)CCO)cc2)cc1. The molecule has 0 aliphatic heterocycles. The summed E-state index contributed by atoms with van der Waals surface area (Å²) in [5.41, 5.74) is 2.16. The highest BCUT2D eigenvalue weighted by Crippen LogP contribution is 2.18. The van der Waals surface area contributed by atoms with Crippen molar-refractivity contribution in [2.45, 2.75) is 24.7 Å². The van der Waals surface area contributed by atoms with Crippen molar-refractivity contribution in [1.29, 1.82) is 0 Å². The Morgan fingerprint density at radius 3 is 1.87 bits per heavy atom. The van der Waals surface area contributed by atoms with Crippen LogP contribution in [0.15, 0.2) is 53.4 Å². The van der Waals surface area contributed by atoms with Gasteiger partial charge in [-0.3, -0.25) is 4.79 Å². The van der Waals surface area contributed by atoms with Crippen LogP contribution < -0.4 is 0 Å². The Balaban J connectivity index is 2.23. The van der Waals surface area contributed by atoms with Crippen LogP contribution in [0.1, 0.15) is 41.3 Å². The molecule has 5 heteroatoms. The topological polar surface area (TPSA) is 71.4 Å². The lowest BCUT2D eigenvalue weighted by atomic mass is 9.98. The van der Waals surface area contributed by atoms with Gasteiger partial charge in [0.05, 0.1) is 17.3 Å². The monoisotopic (exact) mass is 332 g/mol. The lowest BCUT2D eigenvalue weighted by Crippen LogP contribution is -2.10. The summed E-state index contributed by atoms with van der Waals surface area (Å²) in [5.74, 6) is -0.0710. The molecule has 0 saturated carbocycles. The van der Waals surface area contributed by atoms with Crippen LogP contribution >= 0.6 is 0 Å². The molecule has 1 N–H and O–H groups in total. The molecule has 0 aromatic heterocycles. The van der Waals surface area contributed by atoms with Gasteiger partial charge in [0.25, 0.3) is 0 Å². The fraction of sp³-hybridized carbons (Fsp3) is 0.278. The van der Waals surface area contributed by atoms with Crippen LogP contribution in [0.25, 0.3) is 0 Å². The normalized spacial score (nSPS) is 11.7. The number of hydrogen-bond donors (Lipinski definition) is 1. The van der Waals surface area contributed by atoms with E-state index in [0.29, 0.717) is 17.0 Å². The van der Waals surface area contributed by atoms with E-state index < -0.39 is 16.4 Å². The number of carbonyl (C=O) groups excluding carboxylic acids is 1. The van der Waals surface area contributed by atoms with Gasteiger partial charge in [-0.15, -0.1) is 0 Å². The molecular formula is C18H20O4S. The minimum Gasteiger partial charge on any atom is -0.395 e. The van der Waals surface area contributed by atoms with Crippen molar-refractivity contribution in [3.8, 4) is 0 Å². The number of benzene rings is 2. The summed E-state index contributed by atoms with van der Waals surface area (Å²) >= 11 is 0. The van der Waals surface area contributed by atoms with Crippen molar-refractivity contribution in [3.05, 3.63) is 65.2 Å². The van der Waals surface area contributed by atoms with E-state index in [1.807, 2.05) is 12.1 Å². The fourth-order valence-corrected chi connectivity index (χ4v) is 3.26. The summed E-state index contributed by atoms with van der Waals surface area (Å²) in [6, 6.07) is 13.2. The van der Waals surface area contributed by atoms with Crippen molar-refractivity contribution in [1.82, 2.24) is 0 Å². The maximum absolute atomic E-state index is 12.4. The molecule has 0 amide bonds. The zero-order valence-electron chi connectivity index (χ0n) is 13.2. The molecule has 0 radical (unpaired) electrons. The number of sulfone groups is 1. The summed E-state index contributed by atoms with van der Waals surface area (Å²) in [5, 5.41) is 8.78. The van der Waals surface area contributed by atoms with Gasteiger partial charge in [-0.05, 0) is 35.7 Å². The van der Waals surface area contributed by atoms with E-state index in [9.17, 15) is 13.2 Å². The standard InChI is InChI=1S/C18H20O4S/c1-13(2)14-3-5-15(6-4-14)18(20)16-7-9-17(10-8-16)23(21,22)12-11-19/h3-10,13,19H,11-12H2,1-2H3. The Morgan fingerprint density at radius 1 is 0.957 bits per heavy atom. The fourth-order valence-electron chi connectivity index (χ4n) is 2.24. The third kappa shape index (κ3) is 4.06. The lowest BCUT2D eigenvalue weighted by molar-refractivity contribution is 0.103. The number of aliphatic hydroxyl groups excluding tert-OH is 1. The van der Waals surface area contributed by atoms with Gasteiger partial charge in [0.15, 0.2) is 15.6 Å². The van der Waals surface area contributed by atoms with E-state index in [1.165, 1.54) is 24.3 Å². The number of rotatable bonds is 6.